The molecule has 18 heavy (non-hydrogen) atoms. The molecule has 1 rings (SSSR count). The van der Waals surface area contributed by atoms with E-state index in [0.29, 0.717) is 6.54 Å². The molecule has 6 heteroatoms. The fourth-order valence-electron chi connectivity index (χ4n) is 1.30. The molecule has 0 saturated carbocycles. The number of halogens is 2. The van der Waals surface area contributed by atoms with Crippen LogP contribution in [0.5, 0.6) is 0 Å². The molecule has 0 radical (unpaired) electrons. The molecule has 4 nitrogen and oxygen atoms in total. The Labute approximate surface area is 114 Å². The topological polar surface area (TPSA) is 56.1 Å². The number of nitrogens with one attached hydrogen (secondary N) is 1. The molecule has 0 atom stereocenters. The molecule has 0 aliphatic heterocycles. The molecule has 0 fully saturated rings. The number of carbonyl (C=O) groups is 1. The van der Waals surface area contributed by atoms with Gasteiger partial charge in [-0.05, 0) is 28.1 Å². The van der Waals surface area contributed by atoms with Gasteiger partial charge in [0.1, 0.15) is 6.07 Å². The largest absolute Gasteiger partial charge is 0.382 e. The van der Waals surface area contributed by atoms with Crippen LogP contribution >= 0.6 is 15.9 Å². The van der Waals surface area contributed by atoms with Crippen molar-refractivity contribution in [2.75, 3.05) is 26.0 Å². The zero-order chi connectivity index (χ0) is 13.7. The Morgan fingerprint density at radius 1 is 1.56 bits per heavy atom. The average molecular weight is 314 g/mol. The van der Waals surface area contributed by atoms with Gasteiger partial charge in [0.25, 0.3) is 0 Å². The van der Waals surface area contributed by atoms with Crippen LogP contribution in [0.15, 0.2) is 16.6 Å². The van der Waals surface area contributed by atoms with Crippen LogP contribution in [-0.2, 0) is 4.79 Å². The highest BCUT2D eigenvalue weighted by molar-refractivity contribution is 9.10. The van der Waals surface area contributed by atoms with E-state index >= 15 is 0 Å². The van der Waals surface area contributed by atoms with Gasteiger partial charge in [0.05, 0.1) is 15.7 Å². The zero-order valence-corrected chi connectivity index (χ0v) is 11.7. The zero-order valence-electron chi connectivity index (χ0n) is 10.1. The normalized spacial score (nSPS) is 9.72. The molecular weight excluding hydrogens is 301 g/mol. The average Bonchev–Trinajstić information content (AvgIpc) is 2.34. The number of hydrogen-bond acceptors (Lipinski definition) is 3. The van der Waals surface area contributed by atoms with Gasteiger partial charge >= 0.3 is 0 Å². The van der Waals surface area contributed by atoms with Gasteiger partial charge in [-0.3, -0.25) is 4.79 Å². The van der Waals surface area contributed by atoms with Crippen LogP contribution in [0.25, 0.3) is 0 Å². The van der Waals surface area contributed by atoms with Gasteiger partial charge in [-0.15, -0.1) is 0 Å². The summed E-state index contributed by atoms with van der Waals surface area (Å²) >= 11 is 3.02. The maximum absolute atomic E-state index is 13.8. The smallest absolute Gasteiger partial charge is 0.223 e. The molecule has 0 unspecified atom stereocenters. The summed E-state index contributed by atoms with van der Waals surface area (Å²) in [6.07, 6.45) is 0.282. The lowest BCUT2D eigenvalue weighted by Gasteiger charge is -2.12. The lowest BCUT2D eigenvalue weighted by molar-refractivity contribution is -0.128. The molecule has 0 heterocycles. The second-order valence-corrected chi connectivity index (χ2v) is 4.66. The number of anilines is 1. The van der Waals surface area contributed by atoms with Crippen molar-refractivity contribution >= 4 is 27.5 Å². The molecule has 0 spiro atoms. The first-order chi connectivity index (χ1) is 8.47. The number of nitriles is 1. The summed E-state index contributed by atoms with van der Waals surface area (Å²) in [7, 11) is 3.34. The lowest BCUT2D eigenvalue weighted by Crippen LogP contribution is -2.24. The number of carbonyl (C=O) groups excluding carboxylic acids is 1. The molecule has 1 N–H and O–H groups in total. The summed E-state index contributed by atoms with van der Waals surface area (Å²) in [5.74, 6) is -0.554. The maximum Gasteiger partial charge on any atom is 0.223 e. The molecule has 1 aromatic carbocycles. The minimum absolute atomic E-state index is 0.0318. The van der Waals surface area contributed by atoms with Crippen molar-refractivity contribution in [3.8, 4) is 6.07 Å². The van der Waals surface area contributed by atoms with E-state index in [4.69, 9.17) is 5.26 Å². The molecule has 96 valence electrons. The molecule has 0 saturated heterocycles. The minimum atomic E-state index is -0.522. The summed E-state index contributed by atoms with van der Waals surface area (Å²) in [5.41, 5.74) is 0.509. The summed E-state index contributed by atoms with van der Waals surface area (Å²) in [6.45, 7) is 0.340. The third kappa shape index (κ3) is 3.44. The van der Waals surface area contributed by atoms with E-state index in [-0.39, 0.29) is 28.1 Å². The Kier molecular flexibility index (Phi) is 5.10. The van der Waals surface area contributed by atoms with Gasteiger partial charge in [0.15, 0.2) is 5.82 Å². The molecular formula is C12H13BrFN3O. The fourth-order valence-corrected chi connectivity index (χ4v) is 1.73. The van der Waals surface area contributed by atoms with Crippen LogP contribution in [0, 0.1) is 17.1 Å². The molecule has 1 aromatic rings. The summed E-state index contributed by atoms with van der Waals surface area (Å²) in [4.78, 5) is 12.8. The van der Waals surface area contributed by atoms with E-state index in [1.54, 1.807) is 14.1 Å². The van der Waals surface area contributed by atoms with E-state index in [1.807, 2.05) is 6.07 Å². The SMILES string of the molecule is CN(C)C(=O)CCNc1ccc(C#N)c(Br)c1F. The Morgan fingerprint density at radius 2 is 2.22 bits per heavy atom. The van der Waals surface area contributed by atoms with Crippen LogP contribution < -0.4 is 5.32 Å². The highest BCUT2D eigenvalue weighted by Crippen LogP contribution is 2.26. The second kappa shape index (κ2) is 6.36. The lowest BCUT2D eigenvalue weighted by atomic mass is 10.2. The number of amides is 1. The van der Waals surface area contributed by atoms with Crippen molar-refractivity contribution in [3.63, 3.8) is 0 Å². The quantitative estimate of drug-likeness (QED) is 0.928. The van der Waals surface area contributed by atoms with Gasteiger partial charge in [-0.1, -0.05) is 0 Å². The van der Waals surface area contributed by atoms with Crippen LogP contribution in [0.1, 0.15) is 12.0 Å². The van der Waals surface area contributed by atoms with Crippen LogP contribution in [0.4, 0.5) is 10.1 Å². The number of nitrogens with zero attached hydrogens (tertiary/aromatic N) is 2. The van der Waals surface area contributed by atoms with E-state index in [9.17, 15) is 9.18 Å². The Hall–Kier alpha value is -1.61. The Morgan fingerprint density at radius 3 is 2.78 bits per heavy atom. The van der Waals surface area contributed by atoms with Crippen LogP contribution in [0.2, 0.25) is 0 Å². The molecule has 0 aromatic heterocycles. The maximum atomic E-state index is 13.8. The monoisotopic (exact) mass is 313 g/mol. The summed E-state index contributed by atoms with van der Waals surface area (Å²) in [6, 6.07) is 4.88. The van der Waals surface area contributed by atoms with Crippen molar-refractivity contribution in [1.29, 1.82) is 5.26 Å². The summed E-state index contributed by atoms with van der Waals surface area (Å²) in [5, 5.41) is 11.6. The predicted molar refractivity (Wildman–Crippen MR) is 70.6 cm³/mol. The Balaban J connectivity index is 2.67. The van der Waals surface area contributed by atoms with Crippen molar-refractivity contribution in [2.45, 2.75) is 6.42 Å². The van der Waals surface area contributed by atoms with E-state index in [2.05, 4.69) is 21.2 Å². The van der Waals surface area contributed by atoms with E-state index < -0.39 is 5.82 Å². The fraction of sp³-hybridized carbons (Fsp3) is 0.333. The number of rotatable bonds is 4. The Bertz CT molecular complexity index is 497. The van der Waals surface area contributed by atoms with Gasteiger partial charge in [0.2, 0.25) is 5.91 Å². The van der Waals surface area contributed by atoms with Crippen molar-refractivity contribution in [3.05, 3.63) is 28.0 Å². The number of benzene rings is 1. The van der Waals surface area contributed by atoms with Crippen LogP contribution in [-0.4, -0.2) is 31.4 Å². The van der Waals surface area contributed by atoms with Crippen molar-refractivity contribution < 1.29 is 9.18 Å². The van der Waals surface area contributed by atoms with Gasteiger partial charge in [-0.2, -0.15) is 5.26 Å². The van der Waals surface area contributed by atoms with Crippen molar-refractivity contribution in [1.82, 2.24) is 4.90 Å². The number of hydrogen-bond donors (Lipinski definition) is 1. The first kappa shape index (κ1) is 14.5. The predicted octanol–water partition coefficient (Wildman–Crippen LogP) is 2.35. The summed E-state index contributed by atoms with van der Waals surface area (Å²) < 4.78 is 13.9. The molecule has 0 aliphatic carbocycles. The first-order valence-corrected chi connectivity index (χ1v) is 6.08. The third-order valence-electron chi connectivity index (χ3n) is 2.36. The minimum Gasteiger partial charge on any atom is -0.382 e. The first-order valence-electron chi connectivity index (χ1n) is 5.29. The van der Waals surface area contributed by atoms with Gasteiger partial charge < -0.3 is 10.2 Å². The van der Waals surface area contributed by atoms with Crippen molar-refractivity contribution in [2.24, 2.45) is 0 Å². The highest BCUT2D eigenvalue weighted by atomic mass is 79.9. The molecule has 1 amide bonds. The third-order valence-corrected chi connectivity index (χ3v) is 3.13. The standard InChI is InChI=1S/C12H13BrFN3O/c1-17(2)10(18)5-6-16-9-4-3-8(7-15)11(13)12(9)14/h3-4,16H,5-6H2,1-2H3. The van der Waals surface area contributed by atoms with Gasteiger partial charge in [-0.25, -0.2) is 4.39 Å². The molecule has 0 bridgehead atoms. The van der Waals surface area contributed by atoms with E-state index in [0.717, 1.165) is 0 Å². The highest BCUT2D eigenvalue weighted by Gasteiger charge is 2.11. The second-order valence-electron chi connectivity index (χ2n) is 3.87. The molecule has 0 aliphatic rings. The van der Waals surface area contributed by atoms with E-state index in [1.165, 1.54) is 17.0 Å². The van der Waals surface area contributed by atoms with Crippen LogP contribution in [0.3, 0.4) is 0 Å². The van der Waals surface area contributed by atoms with Gasteiger partial charge in [0, 0.05) is 27.1 Å².